The van der Waals surface area contributed by atoms with Crippen LogP contribution in [0.15, 0.2) is 59.5 Å². The summed E-state index contributed by atoms with van der Waals surface area (Å²) in [5.41, 5.74) is 3.96. The minimum atomic E-state index is -0.309. The number of esters is 1. The van der Waals surface area contributed by atoms with Gasteiger partial charge in [0.2, 0.25) is 0 Å². The molecule has 0 amide bonds. The van der Waals surface area contributed by atoms with Gasteiger partial charge in [0.25, 0.3) is 0 Å². The van der Waals surface area contributed by atoms with Crippen LogP contribution in [-0.4, -0.2) is 36.5 Å². The molecular formula is C22H23N5O3. The van der Waals surface area contributed by atoms with Crippen molar-refractivity contribution in [3.63, 3.8) is 0 Å². The highest BCUT2D eigenvalue weighted by molar-refractivity contribution is 5.73. The summed E-state index contributed by atoms with van der Waals surface area (Å²) < 4.78 is 10.1. The summed E-state index contributed by atoms with van der Waals surface area (Å²) in [6.07, 6.45) is 2.36. The summed E-state index contributed by atoms with van der Waals surface area (Å²) in [6.45, 7) is 4.46. The Morgan fingerprint density at radius 2 is 1.80 bits per heavy atom. The zero-order chi connectivity index (χ0) is 21.1. The van der Waals surface area contributed by atoms with Crippen LogP contribution in [0.5, 0.6) is 0 Å². The Kier molecular flexibility index (Phi) is 5.47. The third-order valence-electron chi connectivity index (χ3n) is 5.03. The smallest absolute Gasteiger partial charge is 0.350 e. The molecule has 0 aliphatic heterocycles. The second-order valence-corrected chi connectivity index (χ2v) is 7.08. The molecule has 3 heterocycles. The van der Waals surface area contributed by atoms with Crippen molar-refractivity contribution in [1.29, 1.82) is 0 Å². The number of ether oxygens (including phenoxy) is 1. The zero-order valence-electron chi connectivity index (χ0n) is 17.0. The number of carbonyl (C=O) groups excluding carboxylic acids is 1. The number of carbonyl (C=O) groups is 1. The first kappa shape index (κ1) is 19.6. The van der Waals surface area contributed by atoms with E-state index in [1.165, 1.54) is 9.08 Å². The van der Waals surface area contributed by atoms with E-state index in [9.17, 15) is 9.59 Å². The molecule has 0 radical (unpaired) electrons. The predicted octanol–water partition coefficient (Wildman–Crippen LogP) is 2.47. The molecule has 8 nitrogen and oxygen atoms in total. The van der Waals surface area contributed by atoms with Gasteiger partial charge >= 0.3 is 11.7 Å². The first-order valence-electron chi connectivity index (χ1n) is 9.85. The van der Waals surface area contributed by atoms with Gasteiger partial charge in [0.15, 0.2) is 5.65 Å². The standard InChI is InChI=1S/C22H23N5O3/c1-16-19(17(2)27(23-16)18-9-4-3-5-10-18)15-21(28)30-14-8-13-26-22(29)25-12-7-6-11-20(25)24-26/h3-7,9-12H,8,13-15H2,1-2H3. The molecule has 1 aromatic carbocycles. The van der Waals surface area contributed by atoms with Gasteiger partial charge in [-0.2, -0.15) is 5.10 Å². The van der Waals surface area contributed by atoms with Crippen LogP contribution >= 0.6 is 0 Å². The topological polar surface area (TPSA) is 83.4 Å². The van der Waals surface area contributed by atoms with Crippen molar-refractivity contribution in [2.75, 3.05) is 6.61 Å². The Balaban J connectivity index is 1.33. The molecule has 0 saturated carbocycles. The number of rotatable bonds is 7. The molecular weight excluding hydrogens is 382 g/mol. The van der Waals surface area contributed by atoms with E-state index in [0.29, 0.717) is 18.6 Å². The lowest BCUT2D eigenvalue weighted by molar-refractivity contribution is -0.143. The molecule has 0 atom stereocenters. The lowest BCUT2D eigenvalue weighted by atomic mass is 10.1. The average molecular weight is 405 g/mol. The Hall–Kier alpha value is -3.68. The third-order valence-corrected chi connectivity index (χ3v) is 5.03. The molecule has 154 valence electrons. The first-order chi connectivity index (χ1) is 14.5. The third kappa shape index (κ3) is 3.89. The van der Waals surface area contributed by atoms with Crippen molar-refractivity contribution in [1.82, 2.24) is 24.0 Å². The second kappa shape index (κ2) is 8.36. The number of aromatic nitrogens is 5. The molecule has 0 saturated heterocycles. The SMILES string of the molecule is Cc1nn(-c2ccccc2)c(C)c1CC(=O)OCCCn1nc2ccccn2c1=O. The lowest BCUT2D eigenvalue weighted by Crippen LogP contribution is -2.22. The van der Waals surface area contributed by atoms with E-state index >= 15 is 0 Å². The number of pyridine rings is 1. The highest BCUT2D eigenvalue weighted by atomic mass is 16.5. The van der Waals surface area contributed by atoms with Crippen LogP contribution in [0.3, 0.4) is 0 Å². The van der Waals surface area contributed by atoms with E-state index in [0.717, 1.165) is 22.6 Å². The lowest BCUT2D eigenvalue weighted by Gasteiger charge is -2.06. The largest absolute Gasteiger partial charge is 0.465 e. The van der Waals surface area contributed by atoms with Crippen LogP contribution in [0.25, 0.3) is 11.3 Å². The molecule has 3 aromatic heterocycles. The number of hydrogen-bond acceptors (Lipinski definition) is 5. The summed E-state index contributed by atoms with van der Waals surface area (Å²) in [6, 6.07) is 15.2. The second-order valence-electron chi connectivity index (χ2n) is 7.08. The van der Waals surface area contributed by atoms with Gasteiger partial charge in [-0.25, -0.2) is 14.2 Å². The first-order valence-corrected chi connectivity index (χ1v) is 9.85. The highest BCUT2D eigenvalue weighted by Crippen LogP contribution is 2.18. The van der Waals surface area contributed by atoms with Crippen molar-refractivity contribution < 1.29 is 9.53 Å². The van der Waals surface area contributed by atoms with Crippen LogP contribution in [0.2, 0.25) is 0 Å². The van der Waals surface area contributed by atoms with Gasteiger partial charge in [0.05, 0.1) is 24.4 Å². The fraction of sp³-hybridized carbons (Fsp3) is 0.273. The molecule has 0 aliphatic rings. The van der Waals surface area contributed by atoms with E-state index < -0.39 is 0 Å². The van der Waals surface area contributed by atoms with Crippen LogP contribution in [0.1, 0.15) is 23.4 Å². The molecule has 0 N–H and O–H groups in total. The fourth-order valence-corrected chi connectivity index (χ4v) is 3.46. The molecule has 0 aliphatic carbocycles. The van der Waals surface area contributed by atoms with E-state index in [2.05, 4.69) is 10.2 Å². The quantitative estimate of drug-likeness (QED) is 0.348. The Labute approximate surface area is 173 Å². The van der Waals surface area contributed by atoms with Gasteiger partial charge in [-0.1, -0.05) is 24.3 Å². The molecule has 0 unspecified atom stereocenters. The number of fused-ring (bicyclic) bond motifs is 1. The minimum absolute atomic E-state index is 0.165. The highest BCUT2D eigenvalue weighted by Gasteiger charge is 2.16. The molecule has 0 bridgehead atoms. The van der Waals surface area contributed by atoms with Gasteiger partial charge in [0, 0.05) is 30.4 Å². The van der Waals surface area contributed by atoms with E-state index in [-0.39, 0.29) is 24.7 Å². The minimum Gasteiger partial charge on any atom is -0.465 e. The molecule has 30 heavy (non-hydrogen) atoms. The summed E-state index contributed by atoms with van der Waals surface area (Å²) in [4.78, 5) is 24.6. The van der Waals surface area contributed by atoms with Gasteiger partial charge < -0.3 is 4.74 Å². The van der Waals surface area contributed by atoms with Gasteiger partial charge in [-0.15, -0.1) is 5.10 Å². The number of para-hydroxylation sites is 1. The maximum absolute atomic E-state index is 12.3. The molecule has 4 rings (SSSR count). The van der Waals surface area contributed by atoms with Crippen molar-refractivity contribution >= 4 is 11.6 Å². The molecule has 0 spiro atoms. The average Bonchev–Trinajstić information content (AvgIpc) is 3.23. The predicted molar refractivity (Wildman–Crippen MR) is 112 cm³/mol. The number of benzene rings is 1. The summed E-state index contributed by atoms with van der Waals surface area (Å²) >= 11 is 0. The Morgan fingerprint density at radius 1 is 1.03 bits per heavy atom. The number of hydrogen-bond donors (Lipinski definition) is 0. The monoisotopic (exact) mass is 405 g/mol. The van der Waals surface area contributed by atoms with Gasteiger partial charge in [0.1, 0.15) is 0 Å². The maximum atomic E-state index is 12.3. The van der Waals surface area contributed by atoms with Crippen LogP contribution < -0.4 is 5.69 Å². The maximum Gasteiger partial charge on any atom is 0.350 e. The van der Waals surface area contributed by atoms with E-state index in [4.69, 9.17) is 4.74 Å². The summed E-state index contributed by atoms with van der Waals surface area (Å²) in [7, 11) is 0. The van der Waals surface area contributed by atoms with Crippen molar-refractivity contribution in [2.24, 2.45) is 0 Å². The molecule has 8 heteroatoms. The number of aryl methyl sites for hydroxylation is 2. The van der Waals surface area contributed by atoms with Gasteiger partial charge in [-0.05, 0) is 38.1 Å². The summed E-state index contributed by atoms with van der Waals surface area (Å²) in [5.74, 6) is -0.309. The van der Waals surface area contributed by atoms with Crippen LogP contribution in [0, 0.1) is 13.8 Å². The van der Waals surface area contributed by atoms with E-state index in [1.807, 2.05) is 54.9 Å². The van der Waals surface area contributed by atoms with Crippen LogP contribution in [0.4, 0.5) is 0 Å². The molecule has 4 aromatic rings. The van der Waals surface area contributed by atoms with E-state index in [1.54, 1.807) is 18.3 Å². The van der Waals surface area contributed by atoms with Crippen molar-refractivity contribution in [3.05, 3.63) is 82.2 Å². The van der Waals surface area contributed by atoms with Crippen molar-refractivity contribution in [3.8, 4) is 5.69 Å². The Morgan fingerprint density at radius 3 is 2.57 bits per heavy atom. The number of nitrogens with zero attached hydrogens (tertiary/aromatic N) is 5. The molecule has 0 fully saturated rings. The fourth-order valence-electron chi connectivity index (χ4n) is 3.46. The summed E-state index contributed by atoms with van der Waals surface area (Å²) in [5, 5.41) is 8.83. The Bertz CT molecular complexity index is 1240. The zero-order valence-corrected chi connectivity index (χ0v) is 17.0. The van der Waals surface area contributed by atoms with Crippen LogP contribution in [-0.2, 0) is 22.5 Å². The van der Waals surface area contributed by atoms with Crippen molar-refractivity contribution in [2.45, 2.75) is 33.2 Å². The van der Waals surface area contributed by atoms with Gasteiger partial charge in [-0.3, -0.25) is 9.20 Å². The normalized spacial score (nSPS) is 11.1.